The molecule has 1 aromatic heterocycles. The standard InChI is InChI=1S/C47H33NS/c1-47(2)41-17-9-7-15-37(41)38-24-23-35(29-42(38)47)48(34-22-19-30-11-3-4-13-32(30)27-34)43-25-20-31-12-5-6-14-36(31)46(43)33-21-26-45-40(28-33)39-16-8-10-18-44(39)49-45/h3-29H,1-2H3. The maximum atomic E-state index is 2.49. The molecule has 1 aliphatic rings. The van der Waals surface area contributed by atoms with Gasteiger partial charge < -0.3 is 4.90 Å². The molecule has 0 fully saturated rings. The van der Waals surface area contributed by atoms with Gasteiger partial charge in [-0.25, -0.2) is 0 Å². The lowest BCUT2D eigenvalue weighted by Gasteiger charge is -2.30. The van der Waals surface area contributed by atoms with Crippen LogP contribution in [0.3, 0.4) is 0 Å². The number of nitrogens with zero attached hydrogens (tertiary/aromatic N) is 1. The summed E-state index contributed by atoms with van der Waals surface area (Å²) in [7, 11) is 0. The Morgan fingerprint density at radius 2 is 1.10 bits per heavy atom. The molecule has 0 atom stereocenters. The maximum Gasteiger partial charge on any atom is 0.0546 e. The van der Waals surface area contributed by atoms with Gasteiger partial charge in [-0.15, -0.1) is 11.3 Å². The van der Waals surface area contributed by atoms with Crippen molar-refractivity contribution in [3.8, 4) is 22.3 Å². The zero-order chi connectivity index (χ0) is 32.7. The van der Waals surface area contributed by atoms with Crippen LogP contribution >= 0.6 is 11.3 Å². The summed E-state index contributed by atoms with van der Waals surface area (Å²) in [5.74, 6) is 0. The van der Waals surface area contributed by atoms with E-state index in [-0.39, 0.29) is 5.41 Å². The van der Waals surface area contributed by atoms with Gasteiger partial charge in [-0.3, -0.25) is 0 Å². The molecule has 2 heteroatoms. The molecule has 10 rings (SSSR count). The molecule has 0 bridgehead atoms. The second-order valence-electron chi connectivity index (χ2n) is 13.8. The van der Waals surface area contributed by atoms with Crippen molar-refractivity contribution in [2.45, 2.75) is 19.3 Å². The lowest BCUT2D eigenvalue weighted by Crippen LogP contribution is -2.17. The highest BCUT2D eigenvalue weighted by Crippen LogP contribution is 2.52. The predicted octanol–water partition coefficient (Wildman–Crippen LogP) is 13.8. The SMILES string of the molecule is CC1(C)c2ccccc2-c2ccc(N(c3ccc4ccccc4c3)c3ccc4ccccc4c3-c3ccc4sc5ccccc5c4c3)cc21. The number of thiophene rings is 1. The molecule has 1 heterocycles. The first-order valence-electron chi connectivity index (χ1n) is 17.0. The summed E-state index contributed by atoms with van der Waals surface area (Å²) in [6, 6.07) is 60.8. The zero-order valence-corrected chi connectivity index (χ0v) is 28.3. The fraction of sp³-hybridized carbons (Fsp3) is 0.0638. The summed E-state index contributed by atoms with van der Waals surface area (Å²) in [4.78, 5) is 2.49. The lowest BCUT2D eigenvalue weighted by atomic mass is 9.82. The molecule has 0 N–H and O–H groups in total. The monoisotopic (exact) mass is 643 g/mol. The van der Waals surface area contributed by atoms with Gasteiger partial charge in [0.2, 0.25) is 0 Å². The highest BCUT2D eigenvalue weighted by molar-refractivity contribution is 7.25. The molecule has 49 heavy (non-hydrogen) atoms. The van der Waals surface area contributed by atoms with Crippen molar-refractivity contribution >= 4 is 70.1 Å². The number of rotatable bonds is 4. The fourth-order valence-electron chi connectivity index (χ4n) is 8.21. The van der Waals surface area contributed by atoms with Gasteiger partial charge in [-0.05, 0) is 97.9 Å². The van der Waals surface area contributed by atoms with E-state index >= 15 is 0 Å². The Kier molecular flexibility index (Phi) is 6.16. The second kappa shape index (κ2) is 10.7. The van der Waals surface area contributed by atoms with Gasteiger partial charge in [0, 0.05) is 42.5 Å². The first kappa shape index (κ1) is 28.3. The molecule has 0 saturated heterocycles. The van der Waals surface area contributed by atoms with E-state index in [1.165, 1.54) is 80.8 Å². The van der Waals surface area contributed by atoms with Crippen LogP contribution in [-0.4, -0.2) is 0 Å². The Labute approximate surface area is 290 Å². The summed E-state index contributed by atoms with van der Waals surface area (Å²) < 4.78 is 2.64. The average Bonchev–Trinajstić information content (AvgIpc) is 3.63. The molecule has 0 radical (unpaired) electrons. The highest BCUT2D eigenvalue weighted by Gasteiger charge is 2.36. The van der Waals surface area contributed by atoms with Gasteiger partial charge in [-0.2, -0.15) is 0 Å². The van der Waals surface area contributed by atoms with E-state index in [1.54, 1.807) is 0 Å². The minimum Gasteiger partial charge on any atom is -0.310 e. The van der Waals surface area contributed by atoms with Crippen LogP contribution in [0.2, 0.25) is 0 Å². The van der Waals surface area contributed by atoms with E-state index in [4.69, 9.17) is 0 Å². The topological polar surface area (TPSA) is 3.24 Å². The van der Waals surface area contributed by atoms with Gasteiger partial charge in [0.25, 0.3) is 0 Å². The molecular weight excluding hydrogens is 611 g/mol. The van der Waals surface area contributed by atoms with Crippen LogP contribution < -0.4 is 4.90 Å². The van der Waals surface area contributed by atoms with Crippen LogP contribution in [0.1, 0.15) is 25.0 Å². The fourth-order valence-corrected chi connectivity index (χ4v) is 9.29. The van der Waals surface area contributed by atoms with E-state index in [0.29, 0.717) is 0 Å². The molecule has 1 aliphatic carbocycles. The third-order valence-electron chi connectivity index (χ3n) is 10.6. The van der Waals surface area contributed by atoms with Gasteiger partial charge in [0.05, 0.1) is 5.69 Å². The van der Waals surface area contributed by atoms with E-state index < -0.39 is 0 Å². The third kappa shape index (κ3) is 4.31. The Hall–Kier alpha value is -5.70. The molecule has 0 saturated carbocycles. The summed E-state index contributed by atoms with van der Waals surface area (Å²) in [5, 5.41) is 7.58. The summed E-state index contributed by atoms with van der Waals surface area (Å²) in [6.07, 6.45) is 0. The van der Waals surface area contributed by atoms with Crippen LogP contribution in [0.15, 0.2) is 164 Å². The Morgan fingerprint density at radius 3 is 2.00 bits per heavy atom. The summed E-state index contributed by atoms with van der Waals surface area (Å²) in [6.45, 7) is 4.73. The van der Waals surface area contributed by atoms with E-state index in [9.17, 15) is 0 Å². The molecular formula is C47H33NS. The van der Waals surface area contributed by atoms with Crippen molar-refractivity contribution in [3.05, 3.63) is 175 Å². The van der Waals surface area contributed by atoms with Crippen LogP contribution in [0, 0.1) is 0 Å². The van der Waals surface area contributed by atoms with Crippen LogP contribution in [0.5, 0.6) is 0 Å². The molecule has 0 aliphatic heterocycles. The van der Waals surface area contributed by atoms with Crippen molar-refractivity contribution in [3.63, 3.8) is 0 Å². The summed E-state index contributed by atoms with van der Waals surface area (Å²) >= 11 is 1.87. The van der Waals surface area contributed by atoms with Crippen molar-refractivity contribution < 1.29 is 0 Å². The number of anilines is 3. The smallest absolute Gasteiger partial charge is 0.0546 e. The van der Waals surface area contributed by atoms with Gasteiger partial charge >= 0.3 is 0 Å². The number of benzene rings is 8. The van der Waals surface area contributed by atoms with Gasteiger partial charge in [0.1, 0.15) is 0 Å². The minimum absolute atomic E-state index is 0.103. The first-order chi connectivity index (χ1) is 24.0. The third-order valence-corrected chi connectivity index (χ3v) is 11.8. The highest BCUT2D eigenvalue weighted by atomic mass is 32.1. The molecule has 1 nitrogen and oxygen atoms in total. The second-order valence-corrected chi connectivity index (χ2v) is 14.8. The summed E-state index contributed by atoms with van der Waals surface area (Å²) in [5.41, 5.74) is 11.3. The average molecular weight is 644 g/mol. The maximum absolute atomic E-state index is 2.49. The number of hydrogen-bond acceptors (Lipinski definition) is 2. The Morgan fingerprint density at radius 1 is 0.449 bits per heavy atom. The zero-order valence-electron chi connectivity index (χ0n) is 27.4. The number of hydrogen-bond donors (Lipinski definition) is 0. The molecule has 8 aromatic carbocycles. The molecule has 0 amide bonds. The quantitative estimate of drug-likeness (QED) is 0.184. The van der Waals surface area contributed by atoms with Crippen LogP contribution in [-0.2, 0) is 5.41 Å². The molecule has 0 spiro atoms. The molecule has 9 aromatic rings. The van der Waals surface area contributed by atoms with Crippen molar-refractivity contribution in [2.75, 3.05) is 4.90 Å². The lowest BCUT2D eigenvalue weighted by molar-refractivity contribution is 0.660. The van der Waals surface area contributed by atoms with Crippen LogP contribution in [0.4, 0.5) is 17.1 Å². The molecule has 0 unspecified atom stereocenters. The normalized spacial score (nSPS) is 13.3. The predicted molar refractivity (Wildman–Crippen MR) is 212 cm³/mol. The number of fused-ring (bicyclic) bond motifs is 8. The largest absolute Gasteiger partial charge is 0.310 e. The Bertz CT molecular complexity index is 2770. The van der Waals surface area contributed by atoms with Crippen LogP contribution in [0.25, 0.3) is 64.0 Å². The van der Waals surface area contributed by atoms with Crippen molar-refractivity contribution in [2.24, 2.45) is 0 Å². The van der Waals surface area contributed by atoms with E-state index in [0.717, 1.165) is 11.4 Å². The van der Waals surface area contributed by atoms with E-state index in [1.807, 2.05) is 11.3 Å². The van der Waals surface area contributed by atoms with Gasteiger partial charge in [0.15, 0.2) is 0 Å². The van der Waals surface area contributed by atoms with Crippen molar-refractivity contribution in [1.82, 2.24) is 0 Å². The Balaban J connectivity index is 1.27. The van der Waals surface area contributed by atoms with Gasteiger partial charge in [-0.1, -0.05) is 129 Å². The van der Waals surface area contributed by atoms with E-state index in [2.05, 4.69) is 183 Å². The minimum atomic E-state index is -0.103. The first-order valence-corrected chi connectivity index (χ1v) is 17.8. The molecule has 232 valence electrons. The van der Waals surface area contributed by atoms with Crippen molar-refractivity contribution in [1.29, 1.82) is 0 Å².